The van der Waals surface area contributed by atoms with Crippen molar-refractivity contribution in [3.63, 3.8) is 0 Å². The summed E-state index contributed by atoms with van der Waals surface area (Å²) < 4.78 is 5.18. The van der Waals surface area contributed by atoms with Crippen LogP contribution in [0.2, 0.25) is 0 Å². The minimum atomic E-state index is -0.552. The second-order valence-electron chi connectivity index (χ2n) is 5.91. The number of amides is 1. The molecule has 0 saturated carbocycles. The van der Waals surface area contributed by atoms with Crippen LogP contribution in [-0.2, 0) is 11.3 Å². The van der Waals surface area contributed by atoms with Crippen molar-refractivity contribution in [1.29, 1.82) is 5.26 Å². The maximum absolute atomic E-state index is 11.7. The number of carbonyl (C=O) groups excluding carboxylic acids is 1. The maximum atomic E-state index is 11.7. The number of carbonyl (C=O) groups is 1. The summed E-state index contributed by atoms with van der Waals surface area (Å²) in [5.41, 5.74) is 0.533. The smallest absolute Gasteiger partial charge is 0.407 e. The minimum absolute atomic E-state index is 0.353. The molecule has 2 atom stereocenters. The highest BCUT2D eigenvalue weighted by atomic mass is 16.6. The van der Waals surface area contributed by atoms with E-state index in [2.05, 4.69) is 16.7 Å². The van der Waals surface area contributed by atoms with E-state index < -0.39 is 17.7 Å². The topological polar surface area (TPSA) is 74.1 Å². The number of benzene rings is 1. The Kier molecular flexibility index (Phi) is 6.19. The standard InChI is InChI=1S/C16H23N3O2/c1-12(19-15(20)21-16(2,3)4)14(10-17)18-11-13-8-6-5-7-9-13/h5-9,12,14,18H,11H2,1-4H3,(H,19,20). The molecular weight excluding hydrogens is 266 g/mol. The van der Waals surface area contributed by atoms with Gasteiger partial charge in [0, 0.05) is 6.54 Å². The molecule has 1 aromatic rings. The van der Waals surface area contributed by atoms with Crippen molar-refractivity contribution < 1.29 is 9.53 Å². The van der Waals surface area contributed by atoms with Gasteiger partial charge in [-0.3, -0.25) is 5.32 Å². The molecule has 1 amide bonds. The van der Waals surface area contributed by atoms with Crippen LogP contribution in [0.4, 0.5) is 4.79 Å². The van der Waals surface area contributed by atoms with E-state index in [4.69, 9.17) is 4.74 Å². The molecule has 0 fully saturated rings. The molecule has 114 valence electrons. The lowest BCUT2D eigenvalue weighted by atomic mass is 10.1. The Morgan fingerprint density at radius 3 is 2.48 bits per heavy atom. The van der Waals surface area contributed by atoms with Gasteiger partial charge >= 0.3 is 6.09 Å². The van der Waals surface area contributed by atoms with E-state index in [0.29, 0.717) is 6.54 Å². The van der Waals surface area contributed by atoms with E-state index >= 15 is 0 Å². The van der Waals surface area contributed by atoms with E-state index in [-0.39, 0.29) is 6.04 Å². The fourth-order valence-corrected chi connectivity index (χ4v) is 1.73. The van der Waals surface area contributed by atoms with Gasteiger partial charge in [-0.2, -0.15) is 5.26 Å². The Morgan fingerprint density at radius 1 is 1.33 bits per heavy atom. The molecule has 1 aromatic carbocycles. The lowest BCUT2D eigenvalue weighted by Crippen LogP contribution is -2.48. The van der Waals surface area contributed by atoms with Crippen molar-refractivity contribution in [2.24, 2.45) is 0 Å². The summed E-state index contributed by atoms with van der Waals surface area (Å²) in [7, 11) is 0. The molecule has 21 heavy (non-hydrogen) atoms. The summed E-state index contributed by atoms with van der Waals surface area (Å²) in [5, 5.41) is 15.0. The Bertz CT molecular complexity index is 488. The van der Waals surface area contributed by atoms with Crippen molar-refractivity contribution in [1.82, 2.24) is 10.6 Å². The minimum Gasteiger partial charge on any atom is -0.444 e. The molecule has 0 aliphatic heterocycles. The zero-order valence-corrected chi connectivity index (χ0v) is 13.0. The molecule has 1 rings (SSSR count). The van der Waals surface area contributed by atoms with Gasteiger partial charge in [-0.15, -0.1) is 0 Å². The number of nitriles is 1. The normalized spacial score (nSPS) is 13.9. The van der Waals surface area contributed by atoms with Crippen LogP contribution >= 0.6 is 0 Å². The van der Waals surface area contributed by atoms with Gasteiger partial charge in [-0.05, 0) is 33.3 Å². The van der Waals surface area contributed by atoms with Crippen molar-refractivity contribution in [3.05, 3.63) is 35.9 Å². The van der Waals surface area contributed by atoms with Crippen LogP contribution in [0.1, 0.15) is 33.3 Å². The van der Waals surface area contributed by atoms with Gasteiger partial charge in [0.1, 0.15) is 11.6 Å². The average Bonchev–Trinajstić information content (AvgIpc) is 2.38. The number of hydrogen-bond acceptors (Lipinski definition) is 4. The fourth-order valence-electron chi connectivity index (χ4n) is 1.73. The van der Waals surface area contributed by atoms with Gasteiger partial charge in [-0.1, -0.05) is 30.3 Å². The summed E-state index contributed by atoms with van der Waals surface area (Å²) in [6.45, 7) is 7.74. The molecule has 0 saturated heterocycles. The summed E-state index contributed by atoms with van der Waals surface area (Å²) in [6, 6.07) is 11.1. The molecule has 0 radical (unpaired) electrons. The second kappa shape index (κ2) is 7.65. The molecule has 2 unspecified atom stereocenters. The first-order valence-electron chi connectivity index (χ1n) is 6.98. The van der Waals surface area contributed by atoms with Crippen LogP contribution in [0.3, 0.4) is 0 Å². The number of ether oxygens (including phenoxy) is 1. The van der Waals surface area contributed by atoms with Gasteiger partial charge in [0.05, 0.1) is 12.1 Å². The van der Waals surface area contributed by atoms with Gasteiger partial charge in [-0.25, -0.2) is 4.79 Å². The highest BCUT2D eigenvalue weighted by Gasteiger charge is 2.22. The fraction of sp³-hybridized carbons (Fsp3) is 0.500. The van der Waals surface area contributed by atoms with Crippen LogP contribution in [0.5, 0.6) is 0 Å². The number of rotatable bonds is 5. The third kappa shape index (κ3) is 6.77. The van der Waals surface area contributed by atoms with Gasteiger partial charge in [0.15, 0.2) is 0 Å². The molecule has 5 heteroatoms. The van der Waals surface area contributed by atoms with Gasteiger partial charge < -0.3 is 10.1 Å². The number of nitrogens with one attached hydrogen (secondary N) is 2. The largest absolute Gasteiger partial charge is 0.444 e. The third-order valence-electron chi connectivity index (χ3n) is 2.75. The van der Waals surface area contributed by atoms with Gasteiger partial charge in [0.25, 0.3) is 0 Å². The molecule has 0 aliphatic rings. The third-order valence-corrected chi connectivity index (χ3v) is 2.75. The SMILES string of the molecule is CC(NC(=O)OC(C)(C)C)C(C#N)NCc1ccccc1. The molecule has 0 aliphatic carbocycles. The lowest BCUT2D eigenvalue weighted by Gasteiger charge is -2.24. The Morgan fingerprint density at radius 2 is 1.95 bits per heavy atom. The summed E-state index contributed by atoms with van der Waals surface area (Å²) in [4.78, 5) is 11.7. The van der Waals surface area contributed by atoms with E-state index in [0.717, 1.165) is 5.56 Å². The Balaban J connectivity index is 2.48. The van der Waals surface area contributed by atoms with Crippen molar-refractivity contribution in [2.75, 3.05) is 0 Å². The summed E-state index contributed by atoms with van der Waals surface area (Å²) in [5.74, 6) is 0. The number of hydrogen-bond donors (Lipinski definition) is 2. The van der Waals surface area contributed by atoms with Crippen LogP contribution in [0.25, 0.3) is 0 Å². The highest BCUT2D eigenvalue weighted by molar-refractivity contribution is 5.68. The first-order chi connectivity index (χ1) is 9.81. The van der Waals surface area contributed by atoms with Crippen molar-refractivity contribution in [2.45, 2.75) is 51.9 Å². The molecule has 5 nitrogen and oxygen atoms in total. The molecule has 0 bridgehead atoms. The zero-order chi connectivity index (χ0) is 15.9. The van der Waals surface area contributed by atoms with E-state index in [9.17, 15) is 10.1 Å². The first kappa shape index (κ1) is 17.0. The maximum Gasteiger partial charge on any atom is 0.407 e. The Hall–Kier alpha value is -2.06. The van der Waals surface area contributed by atoms with E-state index in [1.807, 2.05) is 30.3 Å². The van der Waals surface area contributed by atoms with Crippen LogP contribution in [0, 0.1) is 11.3 Å². The lowest BCUT2D eigenvalue weighted by molar-refractivity contribution is 0.0503. The van der Waals surface area contributed by atoms with Crippen LogP contribution < -0.4 is 10.6 Å². The Labute approximate surface area is 126 Å². The molecule has 0 heterocycles. The molecular formula is C16H23N3O2. The number of alkyl carbamates (subject to hydrolysis) is 1. The molecule has 0 spiro atoms. The van der Waals surface area contributed by atoms with Crippen molar-refractivity contribution in [3.8, 4) is 6.07 Å². The quantitative estimate of drug-likeness (QED) is 0.873. The van der Waals surface area contributed by atoms with Gasteiger partial charge in [0.2, 0.25) is 0 Å². The average molecular weight is 289 g/mol. The van der Waals surface area contributed by atoms with E-state index in [1.165, 1.54) is 0 Å². The molecule has 2 N–H and O–H groups in total. The predicted octanol–water partition coefficient (Wildman–Crippen LogP) is 2.58. The highest BCUT2D eigenvalue weighted by Crippen LogP contribution is 2.07. The molecule has 0 aromatic heterocycles. The summed E-state index contributed by atoms with van der Waals surface area (Å²) in [6.07, 6.45) is -0.517. The van der Waals surface area contributed by atoms with Crippen LogP contribution in [0.15, 0.2) is 30.3 Å². The second-order valence-corrected chi connectivity index (χ2v) is 5.91. The summed E-state index contributed by atoms with van der Waals surface area (Å²) >= 11 is 0. The monoisotopic (exact) mass is 289 g/mol. The number of nitrogens with zero attached hydrogens (tertiary/aromatic N) is 1. The van der Waals surface area contributed by atoms with E-state index in [1.54, 1.807) is 27.7 Å². The van der Waals surface area contributed by atoms with Crippen molar-refractivity contribution >= 4 is 6.09 Å². The predicted molar refractivity (Wildman–Crippen MR) is 81.5 cm³/mol. The van der Waals surface area contributed by atoms with Crippen LogP contribution in [-0.4, -0.2) is 23.8 Å². The zero-order valence-electron chi connectivity index (χ0n) is 13.0. The first-order valence-corrected chi connectivity index (χ1v) is 6.98.